The molecule has 2 N–H and O–H groups in total. The number of rotatable bonds is 8. The van der Waals surface area contributed by atoms with Crippen molar-refractivity contribution < 1.29 is 14.7 Å². The zero-order valence-electron chi connectivity index (χ0n) is 22.5. The number of carbonyl (C=O) groups excluding carboxylic acids is 1. The van der Waals surface area contributed by atoms with E-state index in [1.165, 1.54) is 0 Å². The maximum atomic E-state index is 14.3. The van der Waals surface area contributed by atoms with Crippen LogP contribution in [0.2, 0.25) is 0 Å². The van der Waals surface area contributed by atoms with Gasteiger partial charge in [0.15, 0.2) is 0 Å². The number of amides is 1. The molecule has 5 aromatic rings. The summed E-state index contributed by atoms with van der Waals surface area (Å²) in [5.74, 6) is -1.18. The highest BCUT2D eigenvalue weighted by molar-refractivity contribution is 5.97. The molecule has 39 heavy (non-hydrogen) atoms. The molecule has 0 fully saturated rings. The van der Waals surface area contributed by atoms with E-state index in [2.05, 4.69) is 4.98 Å². The van der Waals surface area contributed by atoms with E-state index in [1.54, 1.807) is 39.3 Å². The number of fused-ring (bicyclic) bond motifs is 2. The second kappa shape index (κ2) is 10.3. The van der Waals surface area contributed by atoms with Gasteiger partial charge in [-0.3, -0.25) is 18.7 Å². The second-order valence-electron chi connectivity index (χ2n) is 9.99. The van der Waals surface area contributed by atoms with Gasteiger partial charge in [-0.05, 0) is 56.2 Å². The van der Waals surface area contributed by atoms with Crippen LogP contribution in [0.15, 0.2) is 77.7 Å². The molecule has 0 radical (unpaired) electrons. The Kier molecular flexibility index (Phi) is 6.87. The topological polar surface area (TPSA) is 100 Å². The van der Waals surface area contributed by atoms with Gasteiger partial charge in [0.1, 0.15) is 0 Å². The third-order valence-corrected chi connectivity index (χ3v) is 7.62. The van der Waals surface area contributed by atoms with Crippen molar-refractivity contribution in [2.75, 3.05) is 13.6 Å². The number of nitrogens with one attached hydrogen (secondary N) is 1. The summed E-state index contributed by atoms with van der Waals surface area (Å²) in [5.41, 5.74) is 5.02. The van der Waals surface area contributed by atoms with E-state index in [-0.39, 0.29) is 24.1 Å². The number of benzene rings is 3. The molecule has 8 heteroatoms. The molecule has 1 amide bonds. The Morgan fingerprint density at radius 1 is 1.00 bits per heavy atom. The smallest absolute Gasteiger partial charge is 0.330 e. The Morgan fingerprint density at radius 3 is 2.44 bits per heavy atom. The standard InChI is InChI=1S/C31H32N4O4/c1-5-33(4)30(38)22-14-15-25-27(16-22)35(26(17-28(36)37)21-11-7-6-8-12-21)31(39)34(25)20(3)23-18-32-24-13-9-10-19(2)29(23)24/h6-16,18,20,26,32H,5,17H2,1-4H3,(H,36,37)/t20?,26-/m1/s1. The van der Waals surface area contributed by atoms with Crippen LogP contribution in [-0.4, -0.2) is 49.6 Å². The third kappa shape index (κ3) is 4.52. The van der Waals surface area contributed by atoms with Crippen LogP contribution in [0.3, 0.4) is 0 Å². The molecule has 2 aromatic heterocycles. The molecular weight excluding hydrogens is 492 g/mol. The monoisotopic (exact) mass is 524 g/mol. The number of aliphatic carboxylic acids is 1. The van der Waals surface area contributed by atoms with E-state index in [0.29, 0.717) is 28.7 Å². The zero-order valence-corrected chi connectivity index (χ0v) is 22.5. The maximum absolute atomic E-state index is 14.3. The van der Waals surface area contributed by atoms with Crippen LogP contribution in [0.5, 0.6) is 0 Å². The number of H-pyrrole nitrogens is 1. The minimum Gasteiger partial charge on any atom is -0.481 e. The Balaban J connectivity index is 1.80. The number of carbonyl (C=O) groups is 2. The van der Waals surface area contributed by atoms with Gasteiger partial charge in [0.25, 0.3) is 5.91 Å². The Morgan fingerprint density at radius 2 is 1.74 bits per heavy atom. The third-order valence-electron chi connectivity index (χ3n) is 7.62. The SMILES string of the molecule is CCN(C)C(=O)c1ccc2c(c1)n([C@H](CC(=O)O)c1ccccc1)c(=O)n2C(C)c1c[nH]c2cccc(C)c12. The molecule has 1 unspecified atom stereocenters. The van der Waals surface area contributed by atoms with E-state index >= 15 is 0 Å². The molecule has 2 heterocycles. The predicted octanol–water partition coefficient (Wildman–Crippen LogP) is 5.36. The summed E-state index contributed by atoms with van der Waals surface area (Å²) in [5, 5.41) is 10.9. The minimum atomic E-state index is -1.02. The van der Waals surface area contributed by atoms with Gasteiger partial charge >= 0.3 is 11.7 Å². The van der Waals surface area contributed by atoms with Crippen molar-refractivity contribution in [3.63, 3.8) is 0 Å². The van der Waals surface area contributed by atoms with Crippen molar-refractivity contribution in [1.82, 2.24) is 19.0 Å². The van der Waals surface area contributed by atoms with Gasteiger partial charge in [0.2, 0.25) is 0 Å². The number of carboxylic acids is 1. The average molecular weight is 525 g/mol. The molecular formula is C31H32N4O4. The summed E-state index contributed by atoms with van der Waals surface area (Å²) in [6.45, 7) is 6.44. The van der Waals surface area contributed by atoms with Gasteiger partial charge in [-0.15, -0.1) is 0 Å². The van der Waals surface area contributed by atoms with Gasteiger partial charge in [-0.2, -0.15) is 0 Å². The first-order chi connectivity index (χ1) is 18.7. The molecule has 0 aliphatic carbocycles. The van der Waals surface area contributed by atoms with Crippen LogP contribution < -0.4 is 5.69 Å². The molecule has 0 bridgehead atoms. The number of nitrogens with zero attached hydrogens (tertiary/aromatic N) is 3. The number of hydrogen-bond donors (Lipinski definition) is 2. The number of aromatic amines is 1. The van der Waals surface area contributed by atoms with E-state index in [1.807, 2.05) is 75.5 Å². The van der Waals surface area contributed by atoms with E-state index in [4.69, 9.17) is 0 Å². The largest absolute Gasteiger partial charge is 0.481 e. The predicted molar refractivity (Wildman–Crippen MR) is 153 cm³/mol. The second-order valence-corrected chi connectivity index (χ2v) is 9.99. The van der Waals surface area contributed by atoms with Crippen molar-refractivity contribution >= 4 is 33.8 Å². The molecule has 0 saturated carbocycles. The van der Waals surface area contributed by atoms with Crippen molar-refractivity contribution in [2.24, 2.45) is 0 Å². The summed E-state index contributed by atoms with van der Waals surface area (Å²) in [6, 6.07) is 19.3. The molecule has 3 aromatic carbocycles. The highest BCUT2D eigenvalue weighted by Gasteiger charge is 2.28. The first kappa shape index (κ1) is 26.0. The van der Waals surface area contributed by atoms with Crippen LogP contribution in [0, 0.1) is 6.92 Å². The summed E-state index contributed by atoms with van der Waals surface area (Å²) >= 11 is 0. The minimum absolute atomic E-state index is 0.166. The fourth-order valence-electron chi connectivity index (χ4n) is 5.48. The fraction of sp³-hybridized carbons (Fsp3) is 0.258. The number of imidazole rings is 1. The van der Waals surface area contributed by atoms with Gasteiger partial charge in [0, 0.05) is 41.8 Å². The van der Waals surface area contributed by atoms with Gasteiger partial charge in [-0.25, -0.2) is 4.79 Å². The Bertz CT molecular complexity index is 1750. The lowest BCUT2D eigenvalue weighted by molar-refractivity contribution is -0.137. The average Bonchev–Trinajstić information content (AvgIpc) is 3.50. The van der Waals surface area contributed by atoms with Crippen LogP contribution in [0.4, 0.5) is 0 Å². The molecule has 8 nitrogen and oxygen atoms in total. The summed E-state index contributed by atoms with van der Waals surface area (Å²) in [4.78, 5) is 44.4. The van der Waals surface area contributed by atoms with Crippen LogP contribution in [-0.2, 0) is 4.79 Å². The quantitative estimate of drug-likeness (QED) is 0.285. The lowest BCUT2D eigenvalue weighted by Crippen LogP contribution is -2.31. The van der Waals surface area contributed by atoms with Crippen molar-refractivity contribution in [3.8, 4) is 0 Å². The molecule has 5 rings (SSSR count). The number of hydrogen-bond acceptors (Lipinski definition) is 3. The molecule has 0 aliphatic rings. The first-order valence-electron chi connectivity index (χ1n) is 13.1. The van der Waals surface area contributed by atoms with Crippen LogP contribution >= 0.6 is 0 Å². The van der Waals surface area contributed by atoms with Gasteiger partial charge in [-0.1, -0.05) is 42.5 Å². The van der Waals surface area contributed by atoms with Gasteiger partial charge in [0.05, 0.1) is 29.5 Å². The van der Waals surface area contributed by atoms with Crippen LogP contribution in [0.25, 0.3) is 21.9 Å². The highest BCUT2D eigenvalue weighted by Crippen LogP contribution is 2.33. The molecule has 2 atom stereocenters. The number of aromatic nitrogens is 3. The van der Waals surface area contributed by atoms with Crippen molar-refractivity contribution in [1.29, 1.82) is 0 Å². The molecule has 200 valence electrons. The van der Waals surface area contributed by atoms with Crippen molar-refractivity contribution in [3.05, 3.63) is 106 Å². The van der Waals surface area contributed by atoms with E-state index < -0.39 is 12.0 Å². The normalized spacial score (nSPS) is 13.0. The lowest BCUT2D eigenvalue weighted by Gasteiger charge is -2.18. The molecule has 0 aliphatic heterocycles. The Labute approximate surface area is 226 Å². The lowest BCUT2D eigenvalue weighted by atomic mass is 10.0. The first-order valence-corrected chi connectivity index (χ1v) is 13.1. The maximum Gasteiger partial charge on any atom is 0.330 e. The number of aryl methyl sites for hydroxylation is 1. The fourth-order valence-corrected chi connectivity index (χ4v) is 5.48. The van der Waals surface area contributed by atoms with Crippen molar-refractivity contribution in [2.45, 2.75) is 39.3 Å². The van der Waals surface area contributed by atoms with Crippen LogP contribution in [0.1, 0.15) is 59.4 Å². The van der Waals surface area contributed by atoms with E-state index in [9.17, 15) is 19.5 Å². The van der Waals surface area contributed by atoms with Gasteiger partial charge < -0.3 is 15.0 Å². The molecule has 0 spiro atoms. The Hall–Kier alpha value is -4.59. The molecule has 0 saturated heterocycles. The van der Waals surface area contributed by atoms with E-state index in [0.717, 1.165) is 22.0 Å². The zero-order chi connectivity index (χ0) is 27.8. The summed E-state index contributed by atoms with van der Waals surface area (Å²) < 4.78 is 3.25. The summed E-state index contributed by atoms with van der Waals surface area (Å²) in [6.07, 6.45) is 1.65. The number of carboxylic acid groups (broad SMARTS) is 1. The summed E-state index contributed by atoms with van der Waals surface area (Å²) in [7, 11) is 1.73. The highest BCUT2D eigenvalue weighted by atomic mass is 16.4.